The first-order valence-electron chi connectivity index (χ1n) is 9.77. The third kappa shape index (κ3) is 2.87. The Bertz CT molecular complexity index is 966. The second kappa shape index (κ2) is 6.59. The molecule has 5 nitrogen and oxygen atoms in total. The molecular formula is C22H24N4O. The molecule has 0 bridgehead atoms. The van der Waals surface area contributed by atoms with E-state index in [1.54, 1.807) is 12.4 Å². The van der Waals surface area contributed by atoms with Crippen molar-refractivity contribution in [3.8, 4) is 22.4 Å². The quantitative estimate of drug-likeness (QED) is 0.747. The molecule has 0 spiro atoms. The molecule has 3 N–H and O–H groups in total. The molecule has 0 saturated heterocycles. The predicted octanol–water partition coefficient (Wildman–Crippen LogP) is 3.64. The van der Waals surface area contributed by atoms with Crippen molar-refractivity contribution in [2.75, 3.05) is 0 Å². The maximum atomic E-state index is 10.4. The van der Waals surface area contributed by atoms with Gasteiger partial charge in [-0.3, -0.25) is 9.67 Å². The summed E-state index contributed by atoms with van der Waals surface area (Å²) in [5.74, 6) is 0. The van der Waals surface area contributed by atoms with E-state index >= 15 is 0 Å². The van der Waals surface area contributed by atoms with Gasteiger partial charge in [0.15, 0.2) is 0 Å². The number of pyridine rings is 1. The molecule has 3 aromatic rings. The van der Waals surface area contributed by atoms with Crippen LogP contribution in [0.1, 0.15) is 48.9 Å². The number of fused-ring (bicyclic) bond motifs is 1. The summed E-state index contributed by atoms with van der Waals surface area (Å²) in [4.78, 5) is 4.14. The zero-order valence-electron chi connectivity index (χ0n) is 15.3. The van der Waals surface area contributed by atoms with E-state index < -0.39 is 0 Å². The molecule has 5 heteroatoms. The summed E-state index contributed by atoms with van der Waals surface area (Å²) < 4.78 is 1.97. The zero-order valence-corrected chi connectivity index (χ0v) is 15.3. The van der Waals surface area contributed by atoms with Crippen molar-refractivity contribution in [1.29, 1.82) is 0 Å². The number of benzene rings is 1. The minimum Gasteiger partial charge on any atom is -0.391 e. The molecule has 1 saturated carbocycles. The molecule has 0 unspecified atom stereocenters. The van der Waals surface area contributed by atoms with Crippen LogP contribution in [0.5, 0.6) is 0 Å². The lowest BCUT2D eigenvalue weighted by atomic mass is 9.98. The van der Waals surface area contributed by atoms with E-state index in [9.17, 15) is 5.11 Å². The van der Waals surface area contributed by atoms with Crippen molar-refractivity contribution in [2.45, 2.75) is 50.3 Å². The molecule has 2 heterocycles. The van der Waals surface area contributed by atoms with Crippen molar-refractivity contribution in [2.24, 2.45) is 5.73 Å². The van der Waals surface area contributed by atoms with Gasteiger partial charge in [-0.25, -0.2) is 0 Å². The van der Waals surface area contributed by atoms with Gasteiger partial charge in [0.05, 0.1) is 12.1 Å². The second-order valence-corrected chi connectivity index (χ2v) is 7.73. The smallest absolute Gasteiger partial charge is 0.100 e. The molecule has 2 aromatic heterocycles. The molecule has 1 aromatic carbocycles. The van der Waals surface area contributed by atoms with Crippen LogP contribution in [-0.2, 0) is 6.42 Å². The SMILES string of the molecule is N[C@H]1CCc2cc(-c3cn([C@H]4CCC[C@@H]4O)nc3-c3ccncc3)ccc21. The van der Waals surface area contributed by atoms with Crippen LogP contribution in [0.25, 0.3) is 22.4 Å². The average molecular weight is 360 g/mol. The average Bonchev–Trinajstić information content (AvgIpc) is 3.41. The van der Waals surface area contributed by atoms with Crippen molar-refractivity contribution in [1.82, 2.24) is 14.8 Å². The Labute approximate surface area is 158 Å². The van der Waals surface area contributed by atoms with Crippen LogP contribution >= 0.6 is 0 Å². The summed E-state index contributed by atoms with van der Waals surface area (Å²) in [7, 11) is 0. The maximum Gasteiger partial charge on any atom is 0.100 e. The first kappa shape index (κ1) is 16.7. The number of aliphatic hydroxyl groups is 1. The number of aliphatic hydroxyl groups excluding tert-OH is 1. The Kier molecular flexibility index (Phi) is 4.06. The van der Waals surface area contributed by atoms with Gasteiger partial charge >= 0.3 is 0 Å². The normalized spacial score (nSPS) is 24.3. The standard InChI is InChI=1S/C22H24N4O/c23-19-7-5-15-12-16(4-6-17(15)19)18-13-26(20-2-1-3-21(20)27)25-22(18)14-8-10-24-11-9-14/h4,6,8-13,19-21,27H,1-3,5,7,23H2/t19-,20-,21-/m0/s1. The highest BCUT2D eigenvalue weighted by molar-refractivity contribution is 5.80. The minimum atomic E-state index is -0.318. The highest BCUT2D eigenvalue weighted by atomic mass is 16.3. The van der Waals surface area contributed by atoms with Gasteiger partial charge in [-0.2, -0.15) is 5.10 Å². The molecule has 0 aliphatic heterocycles. The van der Waals surface area contributed by atoms with Crippen molar-refractivity contribution in [3.63, 3.8) is 0 Å². The molecule has 3 atom stereocenters. The minimum absolute atomic E-state index is 0.0576. The Morgan fingerprint density at radius 3 is 2.67 bits per heavy atom. The molecule has 138 valence electrons. The topological polar surface area (TPSA) is 77.0 Å². The fourth-order valence-electron chi connectivity index (χ4n) is 4.54. The first-order valence-corrected chi connectivity index (χ1v) is 9.77. The molecule has 0 radical (unpaired) electrons. The fraction of sp³-hybridized carbons (Fsp3) is 0.364. The highest BCUT2D eigenvalue weighted by Gasteiger charge is 2.29. The number of aryl methyl sites for hydroxylation is 1. The van der Waals surface area contributed by atoms with Gasteiger partial charge in [0.1, 0.15) is 5.69 Å². The van der Waals surface area contributed by atoms with Crippen LogP contribution in [0.3, 0.4) is 0 Å². The van der Waals surface area contributed by atoms with Crippen molar-refractivity contribution >= 4 is 0 Å². The first-order chi connectivity index (χ1) is 13.2. The summed E-state index contributed by atoms with van der Waals surface area (Å²) in [6.07, 6.45) is 10.3. The van der Waals surface area contributed by atoms with Crippen molar-refractivity contribution < 1.29 is 5.11 Å². The van der Waals surface area contributed by atoms with Crippen LogP contribution in [0.2, 0.25) is 0 Å². The van der Waals surface area contributed by atoms with Crippen LogP contribution in [-0.4, -0.2) is 26.0 Å². The number of rotatable bonds is 3. The molecular weight excluding hydrogens is 336 g/mol. The highest BCUT2D eigenvalue weighted by Crippen LogP contribution is 2.38. The Morgan fingerprint density at radius 1 is 1.04 bits per heavy atom. The van der Waals surface area contributed by atoms with Gasteiger partial charge in [0.2, 0.25) is 0 Å². The zero-order chi connectivity index (χ0) is 18.4. The molecule has 2 aliphatic rings. The largest absolute Gasteiger partial charge is 0.391 e. The van der Waals surface area contributed by atoms with Crippen LogP contribution < -0.4 is 5.73 Å². The number of nitrogens with zero attached hydrogens (tertiary/aromatic N) is 3. The lowest BCUT2D eigenvalue weighted by Gasteiger charge is -2.14. The number of nitrogens with two attached hydrogens (primary N) is 1. The van der Waals surface area contributed by atoms with Gasteiger partial charge in [0, 0.05) is 35.8 Å². The molecule has 2 aliphatic carbocycles. The third-order valence-corrected chi connectivity index (χ3v) is 6.05. The maximum absolute atomic E-state index is 10.4. The summed E-state index contributed by atoms with van der Waals surface area (Å²) in [6.45, 7) is 0. The van der Waals surface area contributed by atoms with Gasteiger partial charge in [0.25, 0.3) is 0 Å². The van der Waals surface area contributed by atoms with Gasteiger partial charge in [-0.1, -0.05) is 18.2 Å². The molecule has 1 fully saturated rings. The van der Waals surface area contributed by atoms with Crippen LogP contribution in [0.4, 0.5) is 0 Å². The van der Waals surface area contributed by atoms with Crippen LogP contribution in [0.15, 0.2) is 48.9 Å². The summed E-state index contributed by atoms with van der Waals surface area (Å²) in [6, 6.07) is 10.8. The summed E-state index contributed by atoms with van der Waals surface area (Å²) >= 11 is 0. The Balaban J connectivity index is 1.63. The van der Waals surface area contributed by atoms with E-state index in [4.69, 9.17) is 10.8 Å². The summed E-state index contributed by atoms with van der Waals surface area (Å²) in [5.41, 5.74) is 13.1. The second-order valence-electron chi connectivity index (χ2n) is 7.73. The van der Waals surface area contributed by atoms with E-state index in [0.717, 1.165) is 54.5 Å². The third-order valence-electron chi connectivity index (χ3n) is 6.05. The van der Waals surface area contributed by atoms with E-state index in [0.29, 0.717) is 0 Å². The Morgan fingerprint density at radius 2 is 1.89 bits per heavy atom. The van der Waals surface area contributed by atoms with Gasteiger partial charge < -0.3 is 10.8 Å². The monoisotopic (exact) mass is 360 g/mol. The van der Waals surface area contributed by atoms with Crippen LogP contribution in [0, 0.1) is 0 Å². The molecule has 27 heavy (non-hydrogen) atoms. The Hall–Kier alpha value is -2.50. The van der Waals surface area contributed by atoms with E-state index in [2.05, 4.69) is 29.4 Å². The number of aromatic nitrogens is 3. The van der Waals surface area contributed by atoms with Gasteiger partial charge in [-0.05, 0) is 60.9 Å². The van der Waals surface area contributed by atoms with E-state index in [-0.39, 0.29) is 18.2 Å². The number of hydrogen-bond acceptors (Lipinski definition) is 4. The molecule has 0 amide bonds. The van der Waals surface area contributed by atoms with Crippen molar-refractivity contribution in [3.05, 3.63) is 60.0 Å². The van der Waals surface area contributed by atoms with Gasteiger partial charge in [-0.15, -0.1) is 0 Å². The summed E-state index contributed by atoms with van der Waals surface area (Å²) in [5, 5.41) is 15.3. The number of hydrogen-bond donors (Lipinski definition) is 2. The fourth-order valence-corrected chi connectivity index (χ4v) is 4.54. The lowest BCUT2D eigenvalue weighted by Crippen LogP contribution is -2.18. The lowest BCUT2D eigenvalue weighted by molar-refractivity contribution is 0.130. The molecule has 5 rings (SSSR count). The van der Waals surface area contributed by atoms with E-state index in [1.165, 1.54) is 11.1 Å². The predicted molar refractivity (Wildman–Crippen MR) is 105 cm³/mol. The van der Waals surface area contributed by atoms with E-state index in [1.807, 2.05) is 16.8 Å².